The number of hydrogen-bond donors (Lipinski definition) is 0. The average molecular weight is 439 g/mol. The molecule has 0 aliphatic rings. The molecule has 0 radical (unpaired) electrons. The molecule has 0 atom stereocenters. The van der Waals surface area contributed by atoms with E-state index in [1.54, 1.807) is 12.3 Å². The minimum absolute atomic E-state index is 0.283. The Kier molecular flexibility index (Phi) is 4.67. The number of para-hydroxylation sites is 2. The van der Waals surface area contributed by atoms with Gasteiger partial charge in [0.1, 0.15) is 17.6 Å². The van der Waals surface area contributed by atoms with Crippen molar-refractivity contribution in [2.24, 2.45) is 0 Å². The molecular weight excluding hydrogens is 421 g/mol. The molecule has 6 aromatic rings. The van der Waals surface area contributed by atoms with E-state index < -0.39 is 0 Å². The number of aromatic nitrogens is 2. The molecule has 0 unspecified atom stereocenters. The van der Waals surface area contributed by atoms with Gasteiger partial charge in [-0.15, -0.1) is 0 Å². The lowest BCUT2D eigenvalue weighted by Gasteiger charge is -2.12. The quantitative estimate of drug-likeness (QED) is 0.286. The van der Waals surface area contributed by atoms with Gasteiger partial charge in [0.25, 0.3) is 0 Å². The molecule has 0 aliphatic heterocycles. The predicted octanol–water partition coefficient (Wildman–Crippen LogP) is 7.52. The molecule has 0 amide bonds. The third-order valence-corrected chi connectivity index (χ3v) is 6.17. The van der Waals surface area contributed by atoms with Crippen LogP contribution in [0.4, 0.5) is 4.39 Å². The molecule has 2 heterocycles. The van der Waals surface area contributed by atoms with E-state index in [0.717, 1.165) is 44.2 Å². The molecule has 0 fully saturated rings. The average Bonchev–Trinajstić information content (AvgIpc) is 3.24. The van der Waals surface area contributed by atoms with Gasteiger partial charge >= 0.3 is 0 Å². The van der Waals surface area contributed by atoms with Crippen molar-refractivity contribution in [2.75, 3.05) is 0 Å². The number of hydrogen-bond acceptors (Lipinski definition) is 2. The highest BCUT2D eigenvalue weighted by Crippen LogP contribution is 2.34. The molecule has 0 saturated carbocycles. The van der Waals surface area contributed by atoms with Gasteiger partial charge in [0.05, 0.1) is 11.0 Å². The largest absolute Gasteiger partial charge is 0.309 e. The molecule has 4 heteroatoms. The summed E-state index contributed by atoms with van der Waals surface area (Å²) in [4.78, 5) is 4.04. The van der Waals surface area contributed by atoms with Gasteiger partial charge < -0.3 is 4.57 Å². The Labute approximate surface area is 196 Å². The van der Waals surface area contributed by atoms with Crippen LogP contribution in [0.2, 0.25) is 0 Å². The zero-order valence-electron chi connectivity index (χ0n) is 18.1. The van der Waals surface area contributed by atoms with Gasteiger partial charge in [0.2, 0.25) is 0 Å². The number of halogens is 1. The maximum absolute atomic E-state index is 15.1. The van der Waals surface area contributed by atoms with E-state index in [-0.39, 0.29) is 5.82 Å². The van der Waals surface area contributed by atoms with Crippen LogP contribution in [0.25, 0.3) is 49.7 Å². The second-order valence-corrected chi connectivity index (χ2v) is 8.16. The Balaban J connectivity index is 1.53. The molecular formula is C30H18FN3. The van der Waals surface area contributed by atoms with E-state index in [1.165, 1.54) is 6.07 Å². The van der Waals surface area contributed by atoms with Gasteiger partial charge in [-0.3, -0.25) is 0 Å². The maximum atomic E-state index is 15.1. The van der Waals surface area contributed by atoms with Crippen molar-refractivity contribution in [3.63, 3.8) is 0 Å². The highest BCUT2D eigenvalue weighted by Gasteiger charge is 2.14. The fourth-order valence-electron chi connectivity index (χ4n) is 4.61. The second-order valence-electron chi connectivity index (χ2n) is 8.16. The molecule has 2 aromatic heterocycles. The minimum Gasteiger partial charge on any atom is -0.309 e. The van der Waals surface area contributed by atoms with Crippen LogP contribution in [0, 0.1) is 17.1 Å². The SMILES string of the molecule is N#Cc1cc(-c2cccc(-c3cc(-n4c5ccccc5c5ccccc54)ccc3F)c2)ccn1. The summed E-state index contributed by atoms with van der Waals surface area (Å²) in [5.41, 5.74) is 6.47. The summed E-state index contributed by atoms with van der Waals surface area (Å²) in [6.45, 7) is 0. The van der Waals surface area contributed by atoms with Crippen molar-refractivity contribution in [1.82, 2.24) is 9.55 Å². The standard InChI is InChI=1S/C30H18FN3/c31-28-13-12-24(34-29-10-3-1-8-25(29)26-9-2-4-11-30(26)34)18-27(28)22-7-5-6-20(16-22)21-14-15-33-23(17-21)19-32/h1-18H. The molecule has 4 aromatic carbocycles. The minimum atomic E-state index is -0.283. The zero-order chi connectivity index (χ0) is 23.1. The Morgan fingerprint density at radius 1 is 0.676 bits per heavy atom. The van der Waals surface area contributed by atoms with E-state index in [0.29, 0.717) is 11.3 Å². The van der Waals surface area contributed by atoms with Crippen LogP contribution in [-0.2, 0) is 0 Å². The van der Waals surface area contributed by atoms with Gasteiger partial charge in [0, 0.05) is 28.2 Å². The normalized spacial score (nSPS) is 11.1. The van der Waals surface area contributed by atoms with Gasteiger partial charge in [-0.05, 0) is 65.2 Å². The molecule has 160 valence electrons. The van der Waals surface area contributed by atoms with Gasteiger partial charge in [0.15, 0.2) is 0 Å². The number of rotatable bonds is 3. The Hall–Kier alpha value is -4.75. The smallest absolute Gasteiger partial charge is 0.141 e. The topological polar surface area (TPSA) is 41.6 Å². The van der Waals surface area contributed by atoms with Crippen LogP contribution in [0.3, 0.4) is 0 Å². The summed E-state index contributed by atoms with van der Waals surface area (Å²) in [6.07, 6.45) is 1.62. The van der Waals surface area contributed by atoms with E-state index >= 15 is 4.39 Å². The Bertz CT molecular complexity index is 1690. The van der Waals surface area contributed by atoms with Crippen LogP contribution in [0.15, 0.2) is 109 Å². The lowest BCUT2D eigenvalue weighted by Crippen LogP contribution is -1.96. The van der Waals surface area contributed by atoms with Crippen LogP contribution in [0.1, 0.15) is 5.69 Å². The van der Waals surface area contributed by atoms with Crippen molar-refractivity contribution in [2.45, 2.75) is 0 Å². The fraction of sp³-hybridized carbons (Fsp3) is 0. The number of pyridine rings is 1. The summed E-state index contributed by atoms with van der Waals surface area (Å²) in [6, 6.07) is 35.2. The van der Waals surface area contributed by atoms with Gasteiger partial charge in [-0.25, -0.2) is 9.37 Å². The number of fused-ring (bicyclic) bond motifs is 3. The third kappa shape index (κ3) is 3.23. The Morgan fingerprint density at radius 3 is 2.09 bits per heavy atom. The van der Waals surface area contributed by atoms with E-state index in [9.17, 15) is 5.26 Å². The van der Waals surface area contributed by atoms with Crippen LogP contribution in [-0.4, -0.2) is 9.55 Å². The van der Waals surface area contributed by atoms with Gasteiger partial charge in [-0.2, -0.15) is 5.26 Å². The van der Waals surface area contributed by atoms with Crippen molar-refractivity contribution >= 4 is 21.8 Å². The highest BCUT2D eigenvalue weighted by molar-refractivity contribution is 6.09. The summed E-state index contributed by atoms with van der Waals surface area (Å²) in [7, 11) is 0. The molecule has 0 aliphatic carbocycles. The van der Waals surface area contributed by atoms with E-state index in [1.807, 2.05) is 66.7 Å². The van der Waals surface area contributed by atoms with Crippen LogP contribution >= 0.6 is 0 Å². The summed E-state index contributed by atoms with van der Waals surface area (Å²) < 4.78 is 17.3. The first kappa shape index (κ1) is 19.9. The number of nitrogens with zero attached hydrogens (tertiary/aromatic N) is 3. The summed E-state index contributed by atoms with van der Waals surface area (Å²) in [5.74, 6) is -0.283. The molecule has 0 bridgehead atoms. The predicted molar refractivity (Wildman–Crippen MR) is 134 cm³/mol. The molecule has 0 spiro atoms. The maximum Gasteiger partial charge on any atom is 0.141 e. The first-order valence-corrected chi connectivity index (χ1v) is 11.0. The second kappa shape index (κ2) is 7.99. The van der Waals surface area contributed by atoms with Crippen molar-refractivity contribution in [1.29, 1.82) is 5.26 Å². The van der Waals surface area contributed by atoms with Crippen molar-refractivity contribution in [3.8, 4) is 34.0 Å². The summed E-state index contributed by atoms with van der Waals surface area (Å²) >= 11 is 0. The number of nitriles is 1. The highest BCUT2D eigenvalue weighted by atomic mass is 19.1. The first-order chi connectivity index (χ1) is 16.7. The van der Waals surface area contributed by atoms with Crippen LogP contribution in [0.5, 0.6) is 0 Å². The summed E-state index contributed by atoms with van der Waals surface area (Å²) in [5, 5.41) is 11.5. The number of benzene rings is 4. The zero-order valence-corrected chi connectivity index (χ0v) is 18.1. The third-order valence-electron chi connectivity index (χ3n) is 6.17. The lowest BCUT2D eigenvalue weighted by atomic mass is 9.98. The van der Waals surface area contributed by atoms with Crippen molar-refractivity contribution < 1.29 is 4.39 Å². The lowest BCUT2D eigenvalue weighted by molar-refractivity contribution is 0.631. The molecule has 6 rings (SSSR count). The van der Waals surface area contributed by atoms with E-state index in [2.05, 4.69) is 39.9 Å². The molecule has 3 nitrogen and oxygen atoms in total. The fourth-order valence-corrected chi connectivity index (χ4v) is 4.61. The molecule has 34 heavy (non-hydrogen) atoms. The molecule has 0 saturated heterocycles. The first-order valence-electron chi connectivity index (χ1n) is 11.0. The molecule has 0 N–H and O–H groups in total. The van der Waals surface area contributed by atoms with E-state index in [4.69, 9.17) is 0 Å². The van der Waals surface area contributed by atoms with Crippen LogP contribution < -0.4 is 0 Å². The van der Waals surface area contributed by atoms with Gasteiger partial charge in [-0.1, -0.05) is 54.6 Å². The monoisotopic (exact) mass is 439 g/mol. The van der Waals surface area contributed by atoms with Crippen molar-refractivity contribution in [3.05, 3.63) is 121 Å². The Morgan fingerprint density at radius 2 is 1.35 bits per heavy atom.